The van der Waals surface area contributed by atoms with Gasteiger partial charge in [-0.05, 0) is 61.4 Å². The average molecular weight is 588 g/mol. The third-order valence-electron chi connectivity index (χ3n) is 6.26. The number of nitrogens with zero attached hydrogens (tertiary/aromatic N) is 2. The van der Waals surface area contributed by atoms with Crippen LogP contribution in [0.25, 0.3) is 0 Å². The van der Waals surface area contributed by atoms with Crippen molar-refractivity contribution in [1.29, 1.82) is 0 Å². The summed E-state index contributed by atoms with van der Waals surface area (Å²) in [6.45, 7) is 3.50. The number of hydrogen-bond acceptors (Lipinski definition) is 6. The SMILES string of the molecule is CCCNC(=O)[C@H](C)N(Cc1ccc(OC)cc1)C(=O)CN(c1ccc(OC)c(Cl)c1)S(=O)(=O)c1ccccc1. The van der Waals surface area contributed by atoms with Gasteiger partial charge in [-0.1, -0.05) is 48.9 Å². The van der Waals surface area contributed by atoms with Crippen LogP contribution in [0.2, 0.25) is 5.02 Å². The molecule has 0 radical (unpaired) electrons. The van der Waals surface area contributed by atoms with Gasteiger partial charge in [-0.15, -0.1) is 0 Å². The molecule has 0 aromatic heterocycles. The standard InChI is InChI=1S/C29H34ClN3O6S/c1-5-17-31-29(35)21(2)32(19-22-11-14-24(38-3)15-12-22)28(34)20-33(23-13-16-27(39-4)26(30)18-23)40(36,37)25-9-7-6-8-10-25/h6-16,18,21H,5,17,19-20H2,1-4H3,(H,31,35)/t21-/m0/s1. The Bertz CT molecular complexity index is 1400. The molecule has 0 aliphatic heterocycles. The molecular formula is C29H34ClN3O6S. The fraction of sp³-hybridized carbons (Fsp3) is 0.310. The van der Waals surface area contributed by atoms with Gasteiger partial charge >= 0.3 is 0 Å². The topological polar surface area (TPSA) is 105 Å². The van der Waals surface area contributed by atoms with Crippen molar-refractivity contribution in [1.82, 2.24) is 10.2 Å². The molecule has 0 bridgehead atoms. The van der Waals surface area contributed by atoms with E-state index < -0.39 is 28.5 Å². The minimum atomic E-state index is -4.19. The first-order chi connectivity index (χ1) is 19.1. The number of amides is 2. The summed E-state index contributed by atoms with van der Waals surface area (Å²) in [5.74, 6) is 0.0955. The first-order valence-electron chi connectivity index (χ1n) is 12.7. The van der Waals surface area contributed by atoms with Gasteiger partial charge in [0.25, 0.3) is 10.0 Å². The van der Waals surface area contributed by atoms with Crippen LogP contribution in [-0.4, -0.2) is 58.5 Å². The molecule has 0 saturated carbocycles. The van der Waals surface area contributed by atoms with Gasteiger partial charge in [0.15, 0.2) is 0 Å². The van der Waals surface area contributed by atoms with Crippen molar-refractivity contribution in [3.63, 3.8) is 0 Å². The van der Waals surface area contributed by atoms with E-state index >= 15 is 0 Å². The Morgan fingerprint density at radius 1 is 0.975 bits per heavy atom. The van der Waals surface area contributed by atoms with Crippen molar-refractivity contribution < 1.29 is 27.5 Å². The van der Waals surface area contributed by atoms with Crippen LogP contribution in [0.4, 0.5) is 5.69 Å². The molecule has 0 saturated heterocycles. The number of anilines is 1. The molecule has 2 amide bonds. The molecule has 0 spiro atoms. The van der Waals surface area contributed by atoms with Gasteiger partial charge in [-0.25, -0.2) is 8.42 Å². The number of methoxy groups -OCH3 is 2. The Kier molecular flexibility index (Phi) is 10.8. The Morgan fingerprint density at radius 3 is 2.23 bits per heavy atom. The maximum atomic E-state index is 13.9. The zero-order chi connectivity index (χ0) is 29.3. The minimum Gasteiger partial charge on any atom is -0.497 e. The molecule has 0 fully saturated rings. The van der Waals surface area contributed by atoms with E-state index in [9.17, 15) is 18.0 Å². The monoisotopic (exact) mass is 587 g/mol. The number of halogens is 1. The number of carbonyl (C=O) groups is 2. The Morgan fingerprint density at radius 2 is 1.65 bits per heavy atom. The van der Waals surface area contributed by atoms with Crippen molar-refractivity contribution in [2.24, 2.45) is 0 Å². The maximum absolute atomic E-state index is 13.9. The molecule has 3 aromatic rings. The summed E-state index contributed by atoms with van der Waals surface area (Å²) in [7, 11) is -1.19. The van der Waals surface area contributed by atoms with Crippen LogP contribution in [0.3, 0.4) is 0 Å². The molecule has 0 heterocycles. The lowest BCUT2D eigenvalue weighted by Gasteiger charge is -2.32. The quantitative estimate of drug-likeness (QED) is 0.316. The van der Waals surface area contributed by atoms with Crippen LogP contribution in [-0.2, 0) is 26.2 Å². The predicted octanol–water partition coefficient (Wildman–Crippen LogP) is 4.50. The molecule has 9 nitrogen and oxygen atoms in total. The predicted molar refractivity (Wildman–Crippen MR) is 155 cm³/mol. The van der Waals surface area contributed by atoms with Crippen molar-refractivity contribution in [3.05, 3.63) is 83.4 Å². The van der Waals surface area contributed by atoms with E-state index in [0.717, 1.165) is 16.3 Å². The van der Waals surface area contributed by atoms with E-state index in [1.54, 1.807) is 56.5 Å². The smallest absolute Gasteiger partial charge is 0.264 e. The van der Waals surface area contributed by atoms with E-state index in [-0.39, 0.29) is 28.1 Å². The van der Waals surface area contributed by atoms with Crippen LogP contribution < -0.4 is 19.1 Å². The third kappa shape index (κ3) is 7.45. The molecule has 11 heteroatoms. The van der Waals surface area contributed by atoms with Gasteiger partial charge < -0.3 is 19.7 Å². The van der Waals surface area contributed by atoms with Crippen molar-refractivity contribution >= 4 is 39.1 Å². The molecule has 0 aliphatic rings. The van der Waals surface area contributed by atoms with Crippen molar-refractivity contribution in [3.8, 4) is 11.5 Å². The van der Waals surface area contributed by atoms with Gasteiger partial charge in [0.2, 0.25) is 11.8 Å². The molecule has 1 atom stereocenters. The summed E-state index contributed by atoms with van der Waals surface area (Å²) >= 11 is 6.34. The second-order valence-corrected chi connectivity index (χ2v) is 11.2. The summed E-state index contributed by atoms with van der Waals surface area (Å²) < 4.78 is 39.1. The summed E-state index contributed by atoms with van der Waals surface area (Å²) in [4.78, 5) is 28.2. The number of ether oxygens (including phenoxy) is 2. The van der Waals surface area contributed by atoms with Gasteiger partial charge in [0.1, 0.15) is 24.1 Å². The minimum absolute atomic E-state index is 0.00480. The van der Waals surface area contributed by atoms with Crippen molar-refractivity contribution in [2.45, 2.75) is 37.8 Å². The molecule has 3 rings (SSSR count). The number of rotatable bonds is 13. The van der Waals surface area contributed by atoms with E-state index in [0.29, 0.717) is 18.0 Å². The highest BCUT2D eigenvalue weighted by molar-refractivity contribution is 7.92. The highest BCUT2D eigenvalue weighted by Gasteiger charge is 2.32. The van der Waals surface area contributed by atoms with Crippen LogP contribution in [0, 0.1) is 0 Å². The highest BCUT2D eigenvalue weighted by atomic mass is 35.5. The zero-order valence-corrected chi connectivity index (χ0v) is 24.5. The Hall–Kier alpha value is -3.76. The number of hydrogen-bond donors (Lipinski definition) is 1. The zero-order valence-electron chi connectivity index (χ0n) is 23.0. The molecule has 1 N–H and O–H groups in total. The second-order valence-electron chi connectivity index (χ2n) is 8.98. The first-order valence-corrected chi connectivity index (χ1v) is 14.6. The summed E-state index contributed by atoms with van der Waals surface area (Å²) in [5, 5.41) is 3.00. The fourth-order valence-corrected chi connectivity index (χ4v) is 5.64. The van der Waals surface area contributed by atoms with Crippen LogP contribution >= 0.6 is 11.6 Å². The molecule has 3 aromatic carbocycles. The van der Waals surface area contributed by atoms with E-state index in [2.05, 4.69) is 5.32 Å². The maximum Gasteiger partial charge on any atom is 0.264 e. The Labute approximate surface area is 240 Å². The normalized spacial score (nSPS) is 11.8. The fourth-order valence-electron chi connectivity index (χ4n) is 3.97. The Balaban J connectivity index is 2.03. The van der Waals surface area contributed by atoms with Gasteiger partial charge in [0.05, 0.1) is 29.8 Å². The number of nitrogens with one attached hydrogen (secondary N) is 1. The number of benzene rings is 3. The van der Waals surface area contributed by atoms with E-state index in [1.807, 2.05) is 6.92 Å². The summed E-state index contributed by atoms with van der Waals surface area (Å²) in [5.41, 5.74) is 0.921. The number of sulfonamides is 1. The van der Waals surface area contributed by atoms with Gasteiger partial charge in [0, 0.05) is 13.1 Å². The third-order valence-corrected chi connectivity index (χ3v) is 8.35. The lowest BCUT2D eigenvalue weighted by Crippen LogP contribution is -2.51. The highest BCUT2D eigenvalue weighted by Crippen LogP contribution is 2.32. The molecule has 40 heavy (non-hydrogen) atoms. The first kappa shape index (κ1) is 30.8. The lowest BCUT2D eigenvalue weighted by molar-refractivity contribution is -0.139. The molecule has 214 valence electrons. The van der Waals surface area contributed by atoms with Crippen molar-refractivity contribution in [2.75, 3.05) is 31.6 Å². The number of carbonyl (C=O) groups excluding carboxylic acids is 2. The summed E-state index contributed by atoms with van der Waals surface area (Å²) in [6, 6.07) is 18.5. The summed E-state index contributed by atoms with van der Waals surface area (Å²) in [6.07, 6.45) is 0.728. The van der Waals surface area contributed by atoms with Gasteiger partial charge in [-0.2, -0.15) is 0 Å². The van der Waals surface area contributed by atoms with Crippen LogP contribution in [0.1, 0.15) is 25.8 Å². The lowest BCUT2D eigenvalue weighted by atomic mass is 10.1. The van der Waals surface area contributed by atoms with Crippen LogP contribution in [0.5, 0.6) is 11.5 Å². The average Bonchev–Trinajstić information content (AvgIpc) is 2.97. The van der Waals surface area contributed by atoms with E-state index in [1.165, 1.54) is 42.3 Å². The largest absolute Gasteiger partial charge is 0.497 e. The molecule has 0 unspecified atom stereocenters. The van der Waals surface area contributed by atoms with E-state index in [4.69, 9.17) is 21.1 Å². The second kappa shape index (κ2) is 14.0. The van der Waals surface area contributed by atoms with Gasteiger partial charge in [-0.3, -0.25) is 13.9 Å². The van der Waals surface area contributed by atoms with Crippen LogP contribution in [0.15, 0.2) is 77.7 Å². The molecule has 0 aliphatic carbocycles. The molecular weight excluding hydrogens is 554 g/mol.